The van der Waals surface area contributed by atoms with Gasteiger partial charge in [-0.15, -0.1) is 11.3 Å². The highest BCUT2D eigenvalue weighted by molar-refractivity contribution is 7.10. The Morgan fingerprint density at radius 1 is 1.29 bits per heavy atom. The van der Waals surface area contributed by atoms with E-state index < -0.39 is 6.04 Å². The number of nitrogens with two attached hydrogens (primary N) is 1. The lowest BCUT2D eigenvalue weighted by Crippen LogP contribution is -2.45. The molecule has 0 saturated carbocycles. The SMILES string of the molecule is N[C@@H](CCc1ccccc1)C(=O)N1CCc2sccc2C1. The van der Waals surface area contributed by atoms with Gasteiger partial charge in [0.2, 0.25) is 5.91 Å². The number of fused-ring (bicyclic) bond motifs is 1. The molecule has 0 saturated heterocycles. The molecule has 3 nitrogen and oxygen atoms in total. The van der Waals surface area contributed by atoms with Gasteiger partial charge in [-0.3, -0.25) is 4.79 Å². The van der Waals surface area contributed by atoms with Gasteiger partial charge in [-0.05, 0) is 41.8 Å². The van der Waals surface area contributed by atoms with Gasteiger partial charge in [0.05, 0.1) is 6.04 Å². The summed E-state index contributed by atoms with van der Waals surface area (Å²) in [6, 6.07) is 11.9. The summed E-state index contributed by atoms with van der Waals surface area (Å²) in [7, 11) is 0. The smallest absolute Gasteiger partial charge is 0.239 e. The zero-order valence-corrected chi connectivity index (χ0v) is 12.8. The number of hydrogen-bond donors (Lipinski definition) is 1. The van der Waals surface area contributed by atoms with Crippen molar-refractivity contribution in [1.82, 2.24) is 4.90 Å². The largest absolute Gasteiger partial charge is 0.337 e. The highest BCUT2D eigenvalue weighted by atomic mass is 32.1. The molecule has 0 radical (unpaired) electrons. The monoisotopic (exact) mass is 300 g/mol. The fourth-order valence-corrected chi connectivity index (χ4v) is 3.65. The lowest BCUT2D eigenvalue weighted by Gasteiger charge is -2.29. The zero-order chi connectivity index (χ0) is 14.7. The van der Waals surface area contributed by atoms with Gasteiger partial charge in [0.15, 0.2) is 0 Å². The van der Waals surface area contributed by atoms with Gasteiger partial charge in [-0.25, -0.2) is 0 Å². The summed E-state index contributed by atoms with van der Waals surface area (Å²) in [6.07, 6.45) is 2.52. The van der Waals surface area contributed by atoms with Crippen LogP contribution >= 0.6 is 11.3 Å². The summed E-state index contributed by atoms with van der Waals surface area (Å²) < 4.78 is 0. The number of amides is 1. The molecule has 0 spiro atoms. The van der Waals surface area contributed by atoms with Gasteiger partial charge in [0.1, 0.15) is 0 Å². The minimum absolute atomic E-state index is 0.0859. The summed E-state index contributed by atoms with van der Waals surface area (Å²) in [5, 5.41) is 2.11. The van der Waals surface area contributed by atoms with Crippen molar-refractivity contribution in [3.8, 4) is 0 Å². The van der Waals surface area contributed by atoms with E-state index in [1.165, 1.54) is 16.0 Å². The lowest BCUT2D eigenvalue weighted by atomic mass is 10.0. The third kappa shape index (κ3) is 3.34. The molecule has 2 aromatic rings. The first-order valence-electron chi connectivity index (χ1n) is 7.37. The second kappa shape index (κ2) is 6.41. The Kier molecular flexibility index (Phi) is 4.36. The molecule has 1 aliphatic heterocycles. The van der Waals surface area contributed by atoms with E-state index in [2.05, 4.69) is 23.6 Å². The van der Waals surface area contributed by atoms with E-state index in [4.69, 9.17) is 5.73 Å². The number of aryl methyl sites for hydroxylation is 1. The fraction of sp³-hybridized carbons (Fsp3) is 0.353. The standard InChI is InChI=1S/C17H20N2OS/c18-15(7-6-13-4-2-1-3-5-13)17(20)19-10-8-16-14(12-19)9-11-21-16/h1-5,9,11,15H,6-8,10,12,18H2/t15-/m0/s1. The van der Waals surface area contributed by atoms with E-state index in [1.54, 1.807) is 11.3 Å². The van der Waals surface area contributed by atoms with Crippen LogP contribution in [0.2, 0.25) is 0 Å². The third-order valence-corrected chi connectivity index (χ3v) is 5.05. The number of benzene rings is 1. The van der Waals surface area contributed by atoms with Crippen molar-refractivity contribution in [3.63, 3.8) is 0 Å². The molecule has 0 unspecified atom stereocenters. The van der Waals surface area contributed by atoms with E-state index in [9.17, 15) is 4.79 Å². The Labute approximate surface area is 129 Å². The maximum absolute atomic E-state index is 12.5. The van der Waals surface area contributed by atoms with E-state index >= 15 is 0 Å². The molecule has 4 heteroatoms. The zero-order valence-electron chi connectivity index (χ0n) is 12.0. The maximum atomic E-state index is 12.5. The Morgan fingerprint density at radius 2 is 2.10 bits per heavy atom. The summed E-state index contributed by atoms with van der Waals surface area (Å²) in [4.78, 5) is 15.8. The van der Waals surface area contributed by atoms with Crippen molar-refractivity contribution >= 4 is 17.2 Å². The van der Waals surface area contributed by atoms with Gasteiger partial charge in [0, 0.05) is 18.0 Å². The summed E-state index contributed by atoms with van der Waals surface area (Å²) in [6.45, 7) is 1.52. The maximum Gasteiger partial charge on any atom is 0.239 e. The van der Waals surface area contributed by atoms with Crippen molar-refractivity contribution < 1.29 is 4.79 Å². The molecular weight excluding hydrogens is 280 g/mol. The van der Waals surface area contributed by atoms with E-state index in [-0.39, 0.29) is 5.91 Å². The van der Waals surface area contributed by atoms with Crippen molar-refractivity contribution in [3.05, 3.63) is 57.8 Å². The van der Waals surface area contributed by atoms with Crippen molar-refractivity contribution in [2.24, 2.45) is 5.73 Å². The molecule has 110 valence electrons. The van der Waals surface area contributed by atoms with Crippen LogP contribution in [0.1, 0.15) is 22.4 Å². The highest BCUT2D eigenvalue weighted by Crippen LogP contribution is 2.24. The van der Waals surface area contributed by atoms with Crippen LogP contribution < -0.4 is 5.73 Å². The minimum atomic E-state index is -0.398. The first-order chi connectivity index (χ1) is 10.2. The molecule has 0 fully saturated rings. The number of thiophene rings is 1. The normalized spacial score (nSPS) is 15.6. The van der Waals surface area contributed by atoms with Crippen molar-refractivity contribution in [2.45, 2.75) is 31.8 Å². The van der Waals surface area contributed by atoms with Crippen LogP contribution in [0.4, 0.5) is 0 Å². The number of hydrogen-bond acceptors (Lipinski definition) is 3. The molecular formula is C17H20N2OS. The van der Waals surface area contributed by atoms with E-state index in [0.29, 0.717) is 6.42 Å². The summed E-state index contributed by atoms with van der Waals surface area (Å²) >= 11 is 1.79. The average molecular weight is 300 g/mol. The molecule has 1 atom stereocenters. The number of nitrogens with zero attached hydrogens (tertiary/aromatic N) is 1. The molecule has 3 rings (SSSR count). The van der Waals surface area contributed by atoms with Crippen LogP contribution in [0.15, 0.2) is 41.8 Å². The lowest BCUT2D eigenvalue weighted by molar-refractivity contribution is -0.133. The van der Waals surface area contributed by atoms with Crippen molar-refractivity contribution in [1.29, 1.82) is 0 Å². The van der Waals surface area contributed by atoms with Crippen LogP contribution in [0.5, 0.6) is 0 Å². The predicted octanol–water partition coefficient (Wildman–Crippen LogP) is 2.59. The first-order valence-corrected chi connectivity index (χ1v) is 8.25. The van der Waals surface area contributed by atoms with Gasteiger partial charge >= 0.3 is 0 Å². The predicted molar refractivity (Wildman–Crippen MR) is 86.2 cm³/mol. The molecule has 1 aromatic carbocycles. The molecule has 0 bridgehead atoms. The summed E-state index contributed by atoms with van der Waals surface area (Å²) in [5.74, 6) is 0.0859. The van der Waals surface area contributed by atoms with Gasteiger partial charge in [-0.1, -0.05) is 30.3 Å². The van der Waals surface area contributed by atoms with Gasteiger partial charge in [-0.2, -0.15) is 0 Å². The van der Waals surface area contributed by atoms with Crippen LogP contribution in [0.25, 0.3) is 0 Å². The highest BCUT2D eigenvalue weighted by Gasteiger charge is 2.25. The average Bonchev–Trinajstić information content (AvgIpc) is 3.00. The molecule has 0 aliphatic carbocycles. The third-order valence-electron chi connectivity index (χ3n) is 4.02. The van der Waals surface area contributed by atoms with E-state index in [0.717, 1.165) is 25.9 Å². The molecule has 1 aliphatic rings. The summed E-state index contributed by atoms with van der Waals surface area (Å²) in [5.41, 5.74) is 8.63. The van der Waals surface area contributed by atoms with Crippen LogP contribution in [-0.4, -0.2) is 23.4 Å². The van der Waals surface area contributed by atoms with Crippen LogP contribution in [-0.2, 0) is 24.2 Å². The van der Waals surface area contributed by atoms with E-state index in [1.807, 2.05) is 23.1 Å². The second-order valence-corrected chi connectivity index (χ2v) is 6.51. The topological polar surface area (TPSA) is 46.3 Å². The first kappa shape index (κ1) is 14.3. The minimum Gasteiger partial charge on any atom is -0.337 e. The fourth-order valence-electron chi connectivity index (χ4n) is 2.76. The molecule has 2 N–H and O–H groups in total. The molecule has 1 amide bonds. The Morgan fingerprint density at radius 3 is 2.90 bits per heavy atom. The quantitative estimate of drug-likeness (QED) is 0.943. The Bertz CT molecular complexity index is 608. The number of carbonyl (C=O) groups is 1. The van der Waals surface area contributed by atoms with Crippen LogP contribution in [0.3, 0.4) is 0 Å². The Balaban J connectivity index is 1.55. The van der Waals surface area contributed by atoms with Crippen molar-refractivity contribution in [2.75, 3.05) is 6.54 Å². The number of rotatable bonds is 4. The Hall–Kier alpha value is -1.65. The molecule has 21 heavy (non-hydrogen) atoms. The second-order valence-electron chi connectivity index (χ2n) is 5.51. The molecule has 1 aromatic heterocycles. The van der Waals surface area contributed by atoms with Crippen LogP contribution in [0, 0.1) is 0 Å². The van der Waals surface area contributed by atoms with Gasteiger partial charge in [0.25, 0.3) is 0 Å². The number of carbonyl (C=O) groups excluding carboxylic acids is 1. The van der Waals surface area contributed by atoms with Gasteiger partial charge < -0.3 is 10.6 Å². The molecule has 2 heterocycles.